The number of hydrogen-bond acceptors (Lipinski definition) is 3. The first kappa shape index (κ1) is 10.7. The molecule has 2 unspecified atom stereocenters. The molecular weight excluding hydrogens is 210 g/mol. The fraction of sp³-hybridized carbons (Fsp3) is 0.636. The van der Waals surface area contributed by atoms with Crippen molar-refractivity contribution in [1.82, 2.24) is 10.2 Å². The topological polar surface area (TPSA) is 37.8 Å². The second-order valence-corrected chi connectivity index (χ2v) is 4.82. The quantitative estimate of drug-likeness (QED) is 0.860. The van der Waals surface area contributed by atoms with Gasteiger partial charge >= 0.3 is 0 Å². The number of aromatic nitrogens is 2. The molecule has 0 saturated heterocycles. The van der Waals surface area contributed by atoms with Crippen LogP contribution in [0.5, 0.6) is 0 Å². The highest BCUT2D eigenvalue weighted by atomic mass is 35.5. The SMILES string of the molecule is CC1CCC(CNc2cnnc(Cl)c2)C1. The van der Waals surface area contributed by atoms with Crippen LogP contribution in [-0.2, 0) is 0 Å². The van der Waals surface area contributed by atoms with Crippen LogP contribution in [0.15, 0.2) is 12.3 Å². The summed E-state index contributed by atoms with van der Waals surface area (Å²) >= 11 is 5.75. The van der Waals surface area contributed by atoms with E-state index >= 15 is 0 Å². The predicted molar refractivity (Wildman–Crippen MR) is 62.0 cm³/mol. The molecule has 15 heavy (non-hydrogen) atoms. The molecule has 0 radical (unpaired) electrons. The summed E-state index contributed by atoms with van der Waals surface area (Å²) in [5.74, 6) is 1.68. The van der Waals surface area contributed by atoms with Gasteiger partial charge in [0.05, 0.1) is 11.9 Å². The molecule has 1 fully saturated rings. The molecule has 0 aliphatic heterocycles. The van der Waals surface area contributed by atoms with E-state index in [0.29, 0.717) is 5.15 Å². The molecule has 1 saturated carbocycles. The Kier molecular flexibility index (Phi) is 3.41. The Morgan fingerprint density at radius 1 is 1.53 bits per heavy atom. The second-order valence-electron chi connectivity index (χ2n) is 4.43. The van der Waals surface area contributed by atoms with Crippen molar-refractivity contribution >= 4 is 17.3 Å². The molecular formula is C11H16ClN3. The average molecular weight is 226 g/mol. The minimum atomic E-state index is 0.444. The molecule has 0 amide bonds. The van der Waals surface area contributed by atoms with Crippen molar-refractivity contribution in [3.63, 3.8) is 0 Å². The van der Waals surface area contributed by atoms with Gasteiger partial charge in [0, 0.05) is 12.6 Å². The third kappa shape index (κ3) is 3.06. The van der Waals surface area contributed by atoms with E-state index in [0.717, 1.165) is 24.1 Å². The van der Waals surface area contributed by atoms with Crippen molar-refractivity contribution in [3.05, 3.63) is 17.4 Å². The third-order valence-corrected chi connectivity index (χ3v) is 3.21. The summed E-state index contributed by atoms with van der Waals surface area (Å²) in [7, 11) is 0. The highest BCUT2D eigenvalue weighted by molar-refractivity contribution is 6.29. The van der Waals surface area contributed by atoms with Crippen LogP contribution in [0.1, 0.15) is 26.2 Å². The number of halogens is 1. The zero-order valence-corrected chi connectivity index (χ0v) is 9.67. The van der Waals surface area contributed by atoms with Gasteiger partial charge in [0.2, 0.25) is 0 Å². The highest BCUT2D eigenvalue weighted by Crippen LogP contribution is 2.30. The fourth-order valence-corrected chi connectivity index (χ4v) is 2.37. The van der Waals surface area contributed by atoms with Gasteiger partial charge in [-0.3, -0.25) is 0 Å². The monoisotopic (exact) mass is 225 g/mol. The van der Waals surface area contributed by atoms with E-state index in [1.165, 1.54) is 19.3 Å². The first-order valence-electron chi connectivity index (χ1n) is 5.46. The van der Waals surface area contributed by atoms with Gasteiger partial charge in [-0.25, -0.2) is 0 Å². The van der Waals surface area contributed by atoms with Gasteiger partial charge in [0.25, 0.3) is 0 Å². The fourth-order valence-electron chi connectivity index (χ4n) is 2.21. The Morgan fingerprint density at radius 3 is 3.07 bits per heavy atom. The molecule has 1 heterocycles. The second kappa shape index (κ2) is 4.79. The third-order valence-electron chi connectivity index (χ3n) is 3.02. The van der Waals surface area contributed by atoms with Gasteiger partial charge in [-0.1, -0.05) is 24.9 Å². The number of nitrogens with zero attached hydrogens (tertiary/aromatic N) is 2. The Bertz CT molecular complexity index is 329. The van der Waals surface area contributed by atoms with E-state index in [-0.39, 0.29) is 0 Å². The van der Waals surface area contributed by atoms with Crippen LogP contribution in [0.2, 0.25) is 5.15 Å². The lowest BCUT2D eigenvalue weighted by Gasteiger charge is -2.11. The van der Waals surface area contributed by atoms with E-state index < -0.39 is 0 Å². The first-order chi connectivity index (χ1) is 7.24. The average Bonchev–Trinajstić information content (AvgIpc) is 2.62. The first-order valence-corrected chi connectivity index (χ1v) is 5.84. The highest BCUT2D eigenvalue weighted by Gasteiger charge is 2.20. The van der Waals surface area contributed by atoms with Crippen LogP contribution >= 0.6 is 11.6 Å². The minimum absolute atomic E-state index is 0.444. The van der Waals surface area contributed by atoms with E-state index in [4.69, 9.17) is 11.6 Å². The number of hydrogen-bond donors (Lipinski definition) is 1. The number of nitrogens with one attached hydrogen (secondary N) is 1. The maximum Gasteiger partial charge on any atom is 0.153 e. The molecule has 4 heteroatoms. The van der Waals surface area contributed by atoms with Crippen LogP contribution in [0.25, 0.3) is 0 Å². The molecule has 2 rings (SSSR count). The maximum atomic E-state index is 5.75. The molecule has 0 aromatic carbocycles. The molecule has 0 bridgehead atoms. The van der Waals surface area contributed by atoms with Crippen LogP contribution < -0.4 is 5.32 Å². The van der Waals surface area contributed by atoms with Crippen LogP contribution in [0, 0.1) is 11.8 Å². The van der Waals surface area contributed by atoms with E-state index in [1.807, 2.05) is 6.07 Å². The van der Waals surface area contributed by atoms with Crippen LogP contribution in [0.3, 0.4) is 0 Å². The molecule has 0 spiro atoms. The standard InChI is InChI=1S/C11H16ClN3/c1-8-2-3-9(4-8)6-13-10-5-11(12)15-14-7-10/h5,7-9H,2-4,6H2,1H3,(H,13,15). The lowest BCUT2D eigenvalue weighted by Crippen LogP contribution is -2.11. The van der Waals surface area contributed by atoms with Gasteiger partial charge < -0.3 is 5.32 Å². The van der Waals surface area contributed by atoms with Crippen molar-refractivity contribution in [2.75, 3.05) is 11.9 Å². The lowest BCUT2D eigenvalue weighted by molar-refractivity contribution is 0.537. The van der Waals surface area contributed by atoms with Gasteiger partial charge in [-0.2, -0.15) is 5.10 Å². The van der Waals surface area contributed by atoms with E-state index in [9.17, 15) is 0 Å². The summed E-state index contributed by atoms with van der Waals surface area (Å²) in [4.78, 5) is 0. The van der Waals surface area contributed by atoms with Crippen molar-refractivity contribution in [3.8, 4) is 0 Å². The Balaban J connectivity index is 1.83. The Morgan fingerprint density at radius 2 is 2.40 bits per heavy atom. The van der Waals surface area contributed by atoms with Crippen molar-refractivity contribution in [2.24, 2.45) is 11.8 Å². The summed E-state index contributed by atoms with van der Waals surface area (Å²) in [6.07, 6.45) is 5.74. The molecule has 1 aliphatic carbocycles. The number of anilines is 1. The molecule has 1 aromatic rings. The Hall–Kier alpha value is -0.830. The van der Waals surface area contributed by atoms with Gasteiger partial charge in [0.15, 0.2) is 5.15 Å². The molecule has 2 atom stereocenters. The molecule has 3 nitrogen and oxygen atoms in total. The van der Waals surface area contributed by atoms with Crippen LogP contribution in [0.4, 0.5) is 5.69 Å². The smallest absolute Gasteiger partial charge is 0.153 e. The minimum Gasteiger partial charge on any atom is -0.383 e. The number of rotatable bonds is 3. The molecule has 1 aromatic heterocycles. The zero-order chi connectivity index (χ0) is 10.7. The van der Waals surface area contributed by atoms with Crippen molar-refractivity contribution < 1.29 is 0 Å². The largest absolute Gasteiger partial charge is 0.383 e. The normalized spacial score (nSPS) is 25.5. The summed E-state index contributed by atoms with van der Waals surface area (Å²) < 4.78 is 0. The van der Waals surface area contributed by atoms with Gasteiger partial charge in [0.1, 0.15) is 0 Å². The van der Waals surface area contributed by atoms with Crippen molar-refractivity contribution in [1.29, 1.82) is 0 Å². The Labute approximate surface area is 95.2 Å². The zero-order valence-electron chi connectivity index (χ0n) is 8.91. The molecule has 1 N–H and O–H groups in total. The van der Waals surface area contributed by atoms with Crippen molar-refractivity contribution in [2.45, 2.75) is 26.2 Å². The van der Waals surface area contributed by atoms with Gasteiger partial charge in [-0.05, 0) is 24.7 Å². The maximum absolute atomic E-state index is 5.75. The van der Waals surface area contributed by atoms with Gasteiger partial charge in [-0.15, -0.1) is 5.10 Å². The molecule has 82 valence electrons. The van der Waals surface area contributed by atoms with E-state index in [1.54, 1.807) is 6.20 Å². The summed E-state index contributed by atoms with van der Waals surface area (Å²) in [5.41, 5.74) is 0.967. The summed E-state index contributed by atoms with van der Waals surface area (Å²) in [6, 6.07) is 1.81. The predicted octanol–water partition coefficient (Wildman–Crippen LogP) is 2.98. The molecule has 1 aliphatic rings. The van der Waals surface area contributed by atoms with Crippen LogP contribution in [-0.4, -0.2) is 16.7 Å². The lowest BCUT2D eigenvalue weighted by atomic mass is 10.1. The van der Waals surface area contributed by atoms with E-state index in [2.05, 4.69) is 22.4 Å². The summed E-state index contributed by atoms with van der Waals surface area (Å²) in [5, 5.41) is 11.3. The summed E-state index contributed by atoms with van der Waals surface area (Å²) in [6.45, 7) is 3.34.